The number of fused-ring (bicyclic) bond motifs is 1. The maximum absolute atomic E-state index is 6.02. The molecule has 0 aliphatic carbocycles. The molecule has 0 saturated heterocycles. The second kappa shape index (κ2) is 6.77. The smallest absolute Gasteiger partial charge is 0.139 e. The summed E-state index contributed by atoms with van der Waals surface area (Å²) < 4.78 is 0. The van der Waals surface area contributed by atoms with Crippen molar-refractivity contribution < 1.29 is 0 Å². The molecule has 2 heterocycles. The van der Waals surface area contributed by atoms with Crippen LogP contribution < -0.4 is 5.32 Å². The SMILES string of the molecule is CCc1nc(CSc2cccc(Cl)c2)nc2c1CCNC2. The topological polar surface area (TPSA) is 37.8 Å². The molecule has 1 aliphatic heterocycles. The van der Waals surface area contributed by atoms with E-state index in [4.69, 9.17) is 21.6 Å². The number of aryl methyl sites for hydroxylation is 1. The fourth-order valence-corrected chi connectivity index (χ4v) is 3.62. The first-order chi connectivity index (χ1) is 10.3. The number of thioether (sulfide) groups is 1. The minimum absolute atomic E-state index is 0.768. The molecule has 0 radical (unpaired) electrons. The maximum Gasteiger partial charge on any atom is 0.139 e. The van der Waals surface area contributed by atoms with Gasteiger partial charge in [0.25, 0.3) is 0 Å². The van der Waals surface area contributed by atoms with Crippen molar-refractivity contribution in [1.82, 2.24) is 15.3 Å². The van der Waals surface area contributed by atoms with Gasteiger partial charge in [0.1, 0.15) is 5.82 Å². The molecule has 21 heavy (non-hydrogen) atoms. The number of halogens is 1. The normalized spacial score (nSPS) is 14.0. The van der Waals surface area contributed by atoms with Crippen molar-refractivity contribution in [2.75, 3.05) is 6.54 Å². The molecule has 1 aromatic heterocycles. The number of aromatic nitrogens is 2. The van der Waals surface area contributed by atoms with E-state index < -0.39 is 0 Å². The summed E-state index contributed by atoms with van der Waals surface area (Å²) in [6.07, 6.45) is 2.01. The molecule has 1 aromatic carbocycles. The van der Waals surface area contributed by atoms with Crippen molar-refractivity contribution in [2.45, 2.75) is 37.0 Å². The van der Waals surface area contributed by atoms with E-state index in [2.05, 4.69) is 18.3 Å². The van der Waals surface area contributed by atoms with Gasteiger partial charge in [-0.25, -0.2) is 9.97 Å². The highest BCUT2D eigenvalue weighted by Gasteiger charge is 2.16. The lowest BCUT2D eigenvalue weighted by Crippen LogP contribution is -2.27. The molecule has 0 spiro atoms. The Bertz CT molecular complexity index is 628. The molecular weight excluding hydrogens is 302 g/mol. The Hall–Kier alpha value is -1.10. The van der Waals surface area contributed by atoms with Crippen LogP contribution in [0.2, 0.25) is 5.02 Å². The zero-order valence-corrected chi connectivity index (χ0v) is 13.6. The van der Waals surface area contributed by atoms with Gasteiger partial charge in [-0.05, 0) is 43.1 Å². The maximum atomic E-state index is 6.02. The molecule has 2 aromatic rings. The summed E-state index contributed by atoms with van der Waals surface area (Å²) in [4.78, 5) is 10.6. The standard InChI is InChI=1S/C16H18ClN3S/c1-2-14-13-6-7-18-9-15(13)20-16(19-14)10-21-12-5-3-4-11(17)8-12/h3-5,8,18H,2,6-7,9-10H2,1H3. The highest BCUT2D eigenvalue weighted by molar-refractivity contribution is 7.98. The van der Waals surface area contributed by atoms with E-state index in [-0.39, 0.29) is 0 Å². The third-order valence-electron chi connectivity index (χ3n) is 3.57. The molecule has 0 fully saturated rings. The van der Waals surface area contributed by atoms with Crippen LogP contribution in [-0.4, -0.2) is 16.5 Å². The first kappa shape index (κ1) is 14.8. The molecule has 1 N–H and O–H groups in total. The number of nitrogens with one attached hydrogen (secondary N) is 1. The quantitative estimate of drug-likeness (QED) is 0.873. The van der Waals surface area contributed by atoms with Crippen LogP contribution in [0.1, 0.15) is 29.7 Å². The fourth-order valence-electron chi connectivity index (χ4n) is 2.55. The molecule has 110 valence electrons. The number of benzene rings is 1. The predicted molar refractivity (Wildman–Crippen MR) is 87.8 cm³/mol. The molecule has 0 unspecified atom stereocenters. The highest BCUT2D eigenvalue weighted by Crippen LogP contribution is 2.25. The summed E-state index contributed by atoms with van der Waals surface area (Å²) in [7, 11) is 0. The van der Waals surface area contributed by atoms with E-state index in [1.807, 2.05) is 18.2 Å². The molecule has 3 rings (SSSR count). The summed E-state index contributed by atoms with van der Waals surface area (Å²) >= 11 is 7.74. The van der Waals surface area contributed by atoms with Gasteiger partial charge < -0.3 is 5.32 Å². The van der Waals surface area contributed by atoms with Crippen LogP contribution in [-0.2, 0) is 25.1 Å². The second-order valence-electron chi connectivity index (χ2n) is 5.04. The number of nitrogens with zero attached hydrogens (tertiary/aromatic N) is 2. The summed E-state index contributed by atoms with van der Waals surface area (Å²) in [5, 5.41) is 4.15. The summed E-state index contributed by atoms with van der Waals surface area (Å²) in [6.45, 7) is 4.05. The van der Waals surface area contributed by atoms with Gasteiger partial charge in [-0.2, -0.15) is 0 Å². The van der Waals surface area contributed by atoms with Crippen molar-refractivity contribution >= 4 is 23.4 Å². The predicted octanol–water partition coefficient (Wildman–Crippen LogP) is 3.63. The lowest BCUT2D eigenvalue weighted by molar-refractivity contribution is 0.611. The Morgan fingerprint density at radius 3 is 3.05 bits per heavy atom. The Kier molecular flexibility index (Phi) is 4.78. The number of rotatable bonds is 4. The molecule has 3 nitrogen and oxygen atoms in total. The van der Waals surface area contributed by atoms with Gasteiger partial charge in [0.05, 0.1) is 11.4 Å². The average molecular weight is 320 g/mol. The Morgan fingerprint density at radius 1 is 1.33 bits per heavy atom. The molecule has 0 atom stereocenters. The van der Waals surface area contributed by atoms with Gasteiger partial charge in [0.2, 0.25) is 0 Å². The van der Waals surface area contributed by atoms with Gasteiger partial charge >= 0.3 is 0 Å². The van der Waals surface area contributed by atoms with E-state index in [0.717, 1.165) is 47.4 Å². The lowest BCUT2D eigenvalue weighted by Gasteiger charge is -2.19. The molecule has 0 amide bonds. The van der Waals surface area contributed by atoms with Gasteiger partial charge in [-0.3, -0.25) is 0 Å². The van der Waals surface area contributed by atoms with Crippen molar-refractivity contribution in [3.8, 4) is 0 Å². The monoisotopic (exact) mass is 319 g/mol. The van der Waals surface area contributed by atoms with Gasteiger partial charge in [-0.15, -0.1) is 11.8 Å². The Balaban J connectivity index is 1.79. The largest absolute Gasteiger partial charge is 0.311 e. The van der Waals surface area contributed by atoms with Crippen LogP contribution in [0, 0.1) is 0 Å². The van der Waals surface area contributed by atoms with E-state index in [1.165, 1.54) is 17.0 Å². The Morgan fingerprint density at radius 2 is 2.24 bits per heavy atom. The van der Waals surface area contributed by atoms with Gasteiger partial charge in [0, 0.05) is 22.2 Å². The average Bonchev–Trinajstić information content (AvgIpc) is 2.52. The van der Waals surface area contributed by atoms with E-state index in [0.29, 0.717) is 0 Å². The zero-order chi connectivity index (χ0) is 14.7. The lowest BCUT2D eigenvalue weighted by atomic mass is 10.0. The minimum atomic E-state index is 0.768. The second-order valence-corrected chi connectivity index (χ2v) is 6.52. The van der Waals surface area contributed by atoms with Crippen molar-refractivity contribution in [3.63, 3.8) is 0 Å². The van der Waals surface area contributed by atoms with Crippen molar-refractivity contribution in [2.24, 2.45) is 0 Å². The molecule has 1 aliphatic rings. The fraction of sp³-hybridized carbons (Fsp3) is 0.375. The highest BCUT2D eigenvalue weighted by atomic mass is 35.5. The van der Waals surface area contributed by atoms with E-state index >= 15 is 0 Å². The Labute approximate surface area is 134 Å². The van der Waals surface area contributed by atoms with Crippen LogP contribution in [0.25, 0.3) is 0 Å². The third kappa shape index (κ3) is 3.57. The van der Waals surface area contributed by atoms with Gasteiger partial charge in [0.15, 0.2) is 0 Å². The molecule has 0 bridgehead atoms. The van der Waals surface area contributed by atoms with Crippen LogP contribution >= 0.6 is 23.4 Å². The van der Waals surface area contributed by atoms with E-state index in [9.17, 15) is 0 Å². The summed E-state index contributed by atoms with van der Waals surface area (Å²) in [6, 6.07) is 7.91. The molecular formula is C16H18ClN3S. The van der Waals surface area contributed by atoms with E-state index in [1.54, 1.807) is 11.8 Å². The van der Waals surface area contributed by atoms with Crippen LogP contribution in [0.4, 0.5) is 0 Å². The summed E-state index contributed by atoms with van der Waals surface area (Å²) in [5.41, 5.74) is 3.74. The third-order valence-corrected chi connectivity index (χ3v) is 4.79. The molecule has 0 saturated carbocycles. The van der Waals surface area contributed by atoms with Crippen molar-refractivity contribution in [1.29, 1.82) is 0 Å². The van der Waals surface area contributed by atoms with Crippen LogP contribution in [0.15, 0.2) is 29.2 Å². The number of hydrogen-bond donors (Lipinski definition) is 1. The van der Waals surface area contributed by atoms with Crippen LogP contribution in [0.5, 0.6) is 0 Å². The summed E-state index contributed by atoms with van der Waals surface area (Å²) in [5.74, 6) is 1.69. The first-order valence-corrected chi connectivity index (χ1v) is 8.59. The minimum Gasteiger partial charge on any atom is -0.311 e. The first-order valence-electron chi connectivity index (χ1n) is 7.23. The van der Waals surface area contributed by atoms with Crippen LogP contribution in [0.3, 0.4) is 0 Å². The number of hydrogen-bond acceptors (Lipinski definition) is 4. The van der Waals surface area contributed by atoms with Gasteiger partial charge in [-0.1, -0.05) is 24.6 Å². The zero-order valence-electron chi connectivity index (χ0n) is 12.0. The molecule has 5 heteroatoms. The van der Waals surface area contributed by atoms with Crippen molar-refractivity contribution in [3.05, 3.63) is 52.1 Å².